The van der Waals surface area contributed by atoms with E-state index in [2.05, 4.69) is 12.2 Å². The monoisotopic (exact) mass is 555 g/mol. The summed E-state index contributed by atoms with van der Waals surface area (Å²) < 4.78 is 28.4. The fourth-order valence-corrected chi connectivity index (χ4v) is 6.73. The molecular formula is C32H33N3O4S. The zero-order chi connectivity index (χ0) is 28.4. The zero-order valence-corrected chi connectivity index (χ0v) is 23.7. The highest BCUT2D eigenvalue weighted by atomic mass is 32.2. The molecule has 0 aromatic heterocycles. The summed E-state index contributed by atoms with van der Waals surface area (Å²) in [5.74, 6) is -0.376. The third-order valence-electron chi connectivity index (χ3n) is 7.25. The number of sulfonamides is 1. The Balaban J connectivity index is 1.38. The van der Waals surface area contributed by atoms with E-state index >= 15 is 0 Å². The lowest BCUT2D eigenvalue weighted by atomic mass is 10.0. The summed E-state index contributed by atoms with van der Waals surface area (Å²) in [5.41, 5.74) is 3.33. The van der Waals surface area contributed by atoms with E-state index in [1.54, 1.807) is 0 Å². The van der Waals surface area contributed by atoms with Crippen LogP contribution in [-0.2, 0) is 16.6 Å². The van der Waals surface area contributed by atoms with Gasteiger partial charge in [-0.25, -0.2) is 8.42 Å². The Hall–Kier alpha value is -4.01. The van der Waals surface area contributed by atoms with Gasteiger partial charge in [0, 0.05) is 46.7 Å². The average Bonchev–Trinajstić information content (AvgIpc) is 3.24. The van der Waals surface area contributed by atoms with Crippen molar-refractivity contribution in [2.45, 2.75) is 51.1 Å². The van der Waals surface area contributed by atoms with E-state index in [0.717, 1.165) is 34.9 Å². The van der Waals surface area contributed by atoms with Crippen LogP contribution >= 0.6 is 0 Å². The minimum absolute atomic E-state index is 0.0166. The van der Waals surface area contributed by atoms with Crippen LogP contribution in [0.4, 0.5) is 11.4 Å². The summed E-state index contributed by atoms with van der Waals surface area (Å²) in [4.78, 5) is 28.2. The molecule has 1 aliphatic rings. The molecule has 0 saturated carbocycles. The van der Waals surface area contributed by atoms with Gasteiger partial charge in [0.1, 0.15) is 0 Å². The number of unbranched alkanes of at least 4 members (excludes halogenated alkanes) is 1. The average molecular weight is 556 g/mol. The molecule has 0 spiro atoms. The third kappa shape index (κ3) is 5.12. The van der Waals surface area contributed by atoms with Gasteiger partial charge in [-0.15, -0.1) is 0 Å². The maximum atomic E-state index is 13.5. The normalized spacial score (nSPS) is 13.0. The number of anilines is 2. The van der Waals surface area contributed by atoms with Crippen molar-refractivity contribution in [1.82, 2.24) is 4.31 Å². The van der Waals surface area contributed by atoms with Gasteiger partial charge >= 0.3 is 0 Å². The fraction of sp³-hybridized carbons (Fsp3) is 0.250. The Kier molecular flexibility index (Phi) is 7.74. The number of hydrogen-bond acceptors (Lipinski definition) is 4. The van der Waals surface area contributed by atoms with Crippen molar-refractivity contribution >= 4 is 44.0 Å². The van der Waals surface area contributed by atoms with Crippen LogP contribution < -0.4 is 10.2 Å². The van der Waals surface area contributed by atoms with Crippen LogP contribution in [0.3, 0.4) is 0 Å². The Morgan fingerprint density at radius 3 is 2.33 bits per heavy atom. The number of rotatable bonds is 10. The Labute approximate surface area is 235 Å². The maximum Gasteiger partial charge on any atom is 0.258 e. The van der Waals surface area contributed by atoms with Crippen molar-refractivity contribution in [2.75, 3.05) is 16.8 Å². The first kappa shape index (κ1) is 27.6. The molecule has 2 amide bonds. The molecule has 0 bridgehead atoms. The highest BCUT2D eigenvalue weighted by Crippen LogP contribution is 2.40. The quantitative estimate of drug-likeness (QED) is 0.244. The summed E-state index contributed by atoms with van der Waals surface area (Å²) in [7, 11) is -3.78. The predicted molar refractivity (Wildman–Crippen MR) is 159 cm³/mol. The van der Waals surface area contributed by atoms with Crippen molar-refractivity contribution in [3.05, 3.63) is 102 Å². The Morgan fingerprint density at radius 1 is 0.925 bits per heavy atom. The minimum Gasteiger partial charge on any atom is -0.321 e. The summed E-state index contributed by atoms with van der Waals surface area (Å²) in [5, 5.41) is 4.60. The lowest BCUT2D eigenvalue weighted by Crippen LogP contribution is -2.36. The van der Waals surface area contributed by atoms with E-state index in [0.29, 0.717) is 23.4 Å². The summed E-state index contributed by atoms with van der Waals surface area (Å²) in [6.45, 7) is 6.69. The number of nitrogens with zero attached hydrogens (tertiary/aromatic N) is 2. The molecule has 0 saturated heterocycles. The Morgan fingerprint density at radius 2 is 1.65 bits per heavy atom. The summed E-state index contributed by atoms with van der Waals surface area (Å²) in [6, 6.07) is 24.5. The molecule has 4 aromatic carbocycles. The number of carbonyl (C=O) groups is 2. The topological polar surface area (TPSA) is 86.8 Å². The van der Waals surface area contributed by atoms with Gasteiger partial charge in [0.2, 0.25) is 10.0 Å². The second-order valence-electron chi connectivity index (χ2n) is 10.3. The number of nitrogens with one attached hydrogen (secondary N) is 1. The van der Waals surface area contributed by atoms with Gasteiger partial charge in [0.05, 0.1) is 10.6 Å². The van der Waals surface area contributed by atoms with Gasteiger partial charge in [-0.3, -0.25) is 9.59 Å². The van der Waals surface area contributed by atoms with Gasteiger partial charge in [-0.2, -0.15) is 4.31 Å². The van der Waals surface area contributed by atoms with Gasteiger partial charge in [0.15, 0.2) is 0 Å². The van der Waals surface area contributed by atoms with Crippen molar-refractivity contribution in [3.8, 4) is 0 Å². The highest BCUT2D eigenvalue weighted by molar-refractivity contribution is 7.89. The lowest BCUT2D eigenvalue weighted by Gasteiger charge is -2.26. The third-order valence-corrected chi connectivity index (χ3v) is 9.28. The maximum absolute atomic E-state index is 13.5. The highest BCUT2D eigenvalue weighted by Gasteiger charge is 2.30. The van der Waals surface area contributed by atoms with E-state index in [-0.39, 0.29) is 29.3 Å². The first-order chi connectivity index (χ1) is 19.2. The van der Waals surface area contributed by atoms with Gasteiger partial charge in [0.25, 0.3) is 11.8 Å². The van der Waals surface area contributed by atoms with E-state index in [1.165, 1.54) is 28.6 Å². The van der Waals surface area contributed by atoms with Crippen LogP contribution in [0.15, 0.2) is 89.8 Å². The molecule has 1 N–H and O–H groups in total. The minimum atomic E-state index is -3.78. The molecule has 0 aliphatic carbocycles. The van der Waals surface area contributed by atoms with E-state index in [1.807, 2.05) is 79.4 Å². The lowest BCUT2D eigenvalue weighted by molar-refractivity contribution is 0.0991. The van der Waals surface area contributed by atoms with Gasteiger partial charge < -0.3 is 10.2 Å². The number of amides is 2. The van der Waals surface area contributed by atoms with E-state index < -0.39 is 10.0 Å². The molecule has 0 atom stereocenters. The molecule has 4 aromatic rings. The largest absolute Gasteiger partial charge is 0.321 e. The molecule has 0 unspecified atom stereocenters. The van der Waals surface area contributed by atoms with Crippen LogP contribution in [-0.4, -0.2) is 37.1 Å². The van der Waals surface area contributed by atoms with Crippen LogP contribution in [0.2, 0.25) is 0 Å². The van der Waals surface area contributed by atoms with Gasteiger partial charge in [-0.1, -0.05) is 55.8 Å². The predicted octanol–water partition coefficient (Wildman–Crippen LogP) is 6.45. The van der Waals surface area contributed by atoms with Crippen LogP contribution in [0.5, 0.6) is 0 Å². The first-order valence-corrected chi connectivity index (χ1v) is 15.0. The van der Waals surface area contributed by atoms with Crippen LogP contribution in [0, 0.1) is 0 Å². The summed E-state index contributed by atoms with van der Waals surface area (Å²) >= 11 is 0. The second kappa shape index (κ2) is 11.2. The Bertz CT molecular complexity index is 1670. The second-order valence-corrected chi connectivity index (χ2v) is 12.2. The smallest absolute Gasteiger partial charge is 0.258 e. The van der Waals surface area contributed by atoms with Crippen LogP contribution in [0.25, 0.3) is 10.8 Å². The van der Waals surface area contributed by atoms with Crippen molar-refractivity contribution < 1.29 is 18.0 Å². The fourth-order valence-electron chi connectivity index (χ4n) is 5.11. The number of hydrogen-bond donors (Lipinski definition) is 1. The molecule has 1 aliphatic heterocycles. The standard InChI is InChI=1S/C32H33N3O4S/c1-4-5-20-34-29-19-18-28(26-12-9-13-27(30(26)29)32(34)37)33-31(36)24-14-16-25(17-15-24)40(38,39)35(22(2)3)21-23-10-7-6-8-11-23/h6-19,22H,4-5,20-21H2,1-3H3,(H,33,36). The molecule has 7 nitrogen and oxygen atoms in total. The SMILES string of the molecule is CCCCN1C(=O)c2cccc3c(NC(=O)c4ccc(S(=O)(=O)N(Cc5ccccc5)C(C)C)cc4)ccc1c23. The van der Waals surface area contributed by atoms with E-state index in [4.69, 9.17) is 0 Å². The van der Waals surface area contributed by atoms with Crippen molar-refractivity contribution in [1.29, 1.82) is 0 Å². The molecular weight excluding hydrogens is 522 g/mol. The molecule has 5 rings (SSSR count). The molecule has 40 heavy (non-hydrogen) atoms. The number of benzene rings is 4. The molecule has 0 radical (unpaired) electrons. The number of carbonyl (C=O) groups excluding carboxylic acids is 2. The van der Waals surface area contributed by atoms with Gasteiger partial charge in [-0.05, 0) is 68.3 Å². The molecule has 0 fully saturated rings. The van der Waals surface area contributed by atoms with Crippen LogP contribution in [0.1, 0.15) is 59.9 Å². The molecule has 1 heterocycles. The summed E-state index contributed by atoms with van der Waals surface area (Å²) in [6.07, 6.45) is 1.90. The van der Waals surface area contributed by atoms with Crippen molar-refractivity contribution in [2.24, 2.45) is 0 Å². The zero-order valence-electron chi connectivity index (χ0n) is 22.9. The first-order valence-electron chi connectivity index (χ1n) is 13.6. The van der Waals surface area contributed by atoms with E-state index in [9.17, 15) is 18.0 Å². The van der Waals surface area contributed by atoms with Crippen molar-refractivity contribution in [3.63, 3.8) is 0 Å². The molecule has 206 valence electrons. The molecule has 8 heteroatoms.